The average molecular weight is 136 g/mol. The molecule has 0 bridgehead atoms. The Labute approximate surface area is 61.2 Å². The van der Waals surface area contributed by atoms with Crippen molar-refractivity contribution in [1.29, 1.82) is 5.26 Å². The van der Waals surface area contributed by atoms with E-state index in [1.165, 1.54) is 12.8 Å². The first kappa shape index (κ1) is 6.18. The molecule has 1 saturated carbocycles. The monoisotopic (exact) mass is 136 g/mol. The van der Waals surface area contributed by atoms with E-state index in [-0.39, 0.29) is 5.41 Å². The molecule has 2 rings (SSSR count). The average Bonchev–Trinajstić information content (AvgIpc) is 2.42. The van der Waals surface area contributed by atoms with Crippen LogP contribution >= 0.6 is 0 Å². The molecule has 2 heteroatoms. The van der Waals surface area contributed by atoms with Gasteiger partial charge in [-0.1, -0.05) is 6.42 Å². The van der Waals surface area contributed by atoms with Crippen molar-refractivity contribution in [1.82, 2.24) is 5.32 Å². The molecule has 1 aliphatic carbocycles. The molecule has 0 radical (unpaired) electrons. The Morgan fingerprint density at radius 1 is 1.60 bits per heavy atom. The Morgan fingerprint density at radius 3 is 3.20 bits per heavy atom. The predicted octanol–water partition coefficient (Wildman–Crippen LogP) is 0.900. The second-order valence-corrected chi connectivity index (χ2v) is 3.49. The van der Waals surface area contributed by atoms with Crippen LogP contribution in [-0.4, -0.2) is 13.1 Å². The highest BCUT2D eigenvalue weighted by Crippen LogP contribution is 2.44. The molecule has 0 aromatic heterocycles. The maximum Gasteiger partial charge on any atom is 0.0738 e. The zero-order valence-corrected chi connectivity index (χ0v) is 6.06. The van der Waals surface area contributed by atoms with Gasteiger partial charge >= 0.3 is 0 Å². The van der Waals surface area contributed by atoms with E-state index in [1.54, 1.807) is 0 Å². The number of rotatable bonds is 0. The van der Waals surface area contributed by atoms with E-state index in [9.17, 15) is 0 Å². The normalized spacial score (nSPS) is 44.9. The SMILES string of the molecule is N#CC12CCCC1CNC2. The predicted molar refractivity (Wildman–Crippen MR) is 38.3 cm³/mol. The van der Waals surface area contributed by atoms with Crippen LogP contribution in [0.25, 0.3) is 0 Å². The molecule has 0 spiro atoms. The van der Waals surface area contributed by atoms with Crippen molar-refractivity contribution < 1.29 is 0 Å². The molecule has 0 aromatic carbocycles. The second kappa shape index (κ2) is 1.96. The van der Waals surface area contributed by atoms with Crippen LogP contribution in [0.5, 0.6) is 0 Å². The summed E-state index contributed by atoms with van der Waals surface area (Å²) < 4.78 is 0. The highest BCUT2D eigenvalue weighted by molar-refractivity contribution is 5.11. The molecule has 2 unspecified atom stereocenters. The summed E-state index contributed by atoms with van der Waals surface area (Å²) in [5.74, 6) is 0.664. The zero-order chi connectivity index (χ0) is 7.03. The molecule has 2 fully saturated rings. The number of nitrogens with zero attached hydrogens (tertiary/aromatic N) is 1. The molecular weight excluding hydrogens is 124 g/mol. The lowest BCUT2D eigenvalue weighted by Gasteiger charge is -2.17. The van der Waals surface area contributed by atoms with Gasteiger partial charge in [0.15, 0.2) is 0 Å². The van der Waals surface area contributed by atoms with E-state index in [4.69, 9.17) is 5.26 Å². The summed E-state index contributed by atoms with van der Waals surface area (Å²) in [5.41, 5.74) is 0.0417. The van der Waals surface area contributed by atoms with Gasteiger partial charge in [0, 0.05) is 6.54 Å². The lowest BCUT2D eigenvalue weighted by atomic mass is 9.82. The minimum atomic E-state index is 0.0417. The smallest absolute Gasteiger partial charge is 0.0738 e. The van der Waals surface area contributed by atoms with Crippen LogP contribution in [0.2, 0.25) is 0 Å². The Kier molecular flexibility index (Phi) is 1.21. The van der Waals surface area contributed by atoms with Gasteiger partial charge in [-0.05, 0) is 25.3 Å². The van der Waals surface area contributed by atoms with Crippen LogP contribution in [0, 0.1) is 22.7 Å². The van der Waals surface area contributed by atoms with Crippen molar-refractivity contribution in [3.05, 3.63) is 0 Å². The number of hydrogen-bond donors (Lipinski definition) is 1. The van der Waals surface area contributed by atoms with E-state index in [1.807, 2.05) is 0 Å². The third-order valence-electron chi connectivity index (χ3n) is 3.01. The molecule has 0 aromatic rings. The Bertz CT molecular complexity index is 170. The highest BCUT2D eigenvalue weighted by Gasteiger charge is 2.46. The first-order valence-electron chi connectivity index (χ1n) is 3.99. The van der Waals surface area contributed by atoms with Gasteiger partial charge in [-0.25, -0.2) is 0 Å². The van der Waals surface area contributed by atoms with Gasteiger partial charge in [-0.15, -0.1) is 0 Å². The minimum Gasteiger partial charge on any atom is -0.315 e. The fourth-order valence-corrected chi connectivity index (χ4v) is 2.33. The number of nitriles is 1. The Balaban J connectivity index is 2.25. The largest absolute Gasteiger partial charge is 0.315 e. The van der Waals surface area contributed by atoms with Crippen molar-refractivity contribution in [2.75, 3.05) is 13.1 Å². The maximum absolute atomic E-state index is 8.94. The molecule has 1 aliphatic heterocycles. The van der Waals surface area contributed by atoms with E-state index in [0.29, 0.717) is 5.92 Å². The summed E-state index contributed by atoms with van der Waals surface area (Å²) in [6, 6.07) is 2.48. The quantitative estimate of drug-likeness (QED) is 0.537. The number of hydrogen-bond acceptors (Lipinski definition) is 2. The van der Waals surface area contributed by atoms with Crippen molar-refractivity contribution in [2.24, 2.45) is 11.3 Å². The van der Waals surface area contributed by atoms with E-state index in [2.05, 4.69) is 11.4 Å². The van der Waals surface area contributed by atoms with Crippen LogP contribution in [0.3, 0.4) is 0 Å². The van der Waals surface area contributed by atoms with Crippen molar-refractivity contribution in [3.8, 4) is 6.07 Å². The van der Waals surface area contributed by atoms with Crippen LogP contribution in [0.1, 0.15) is 19.3 Å². The molecular formula is C8H12N2. The van der Waals surface area contributed by atoms with Crippen LogP contribution in [0.15, 0.2) is 0 Å². The molecule has 10 heavy (non-hydrogen) atoms. The fraction of sp³-hybridized carbons (Fsp3) is 0.875. The van der Waals surface area contributed by atoms with Crippen LogP contribution in [-0.2, 0) is 0 Å². The van der Waals surface area contributed by atoms with Crippen molar-refractivity contribution in [2.45, 2.75) is 19.3 Å². The third-order valence-corrected chi connectivity index (χ3v) is 3.01. The lowest BCUT2D eigenvalue weighted by Crippen LogP contribution is -2.22. The summed E-state index contributed by atoms with van der Waals surface area (Å²) in [6.45, 7) is 2.02. The van der Waals surface area contributed by atoms with Gasteiger partial charge < -0.3 is 5.32 Å². The molecule has 2 nitrogen and oxygen atoms in total. The first-order chi connectivity index (χ1) is 4.87. The number of nitrogens with one attached hydrogen (secondary N) is 1. The molecule has 1 heterocycles. The third kappa shape index (κ3) is 0.615. The Hall–Kier alpha value is -0.550. The van der Waals surface area contributed by atoms with E-state index >= 15 is 0 Å². The molecule has 2 atom stereocenters. The second-order valence-electron chi connectivity index (χ2n) is 3.49. The maximum atomic E-state index is 8.94. The number of fused-ring (bicyclic) bond motifs is 1. The van der Waals surface area contributed by atoms with Gasteiger partial charge in [0.05, 0.1) is 11.5 Å². The summed E-state index contributed by atoms with van der Waals surface area (Å²) in [4.78, 5) is 0. The molecule has 1 N–H and O–H groups in total. The van der Waals surface area contributed by atoms with Crippen molar-refractivity contribution in [3.63, 3.8) is 0 Å². The summed E-state index contributed by atoms with van der Waals surface area (Å²) in [5, 5.41) is 12.2. The van der Waals surface area contributed by atoms with Gasteiger partial charge in [0.2, 0.25) is 0 Å². The molecule has 54 valence electrons. The Morgan fingerprint density at radius 2 is 2.50 bits per heavy atom. The summed E-state index contributed by atoms with van der Waals surface area (Å²) in [6.07, 6.45) is 3.65. The highest BCUT2D eigenvalue weighted by atomic mass is 14.9. The molecule has 0 amide bonds. The summed E-state index contributed by atoms with van der Waals surface area (Å²) in [7, 11) is 0. The first-order valence-corrected chi connectivity index (χ1v) is 3.99. The van der Waals surface area contributed by atoms with Gasteiger partial charge in [-0.3, -0.25) is 0 Å². The molecule has 2 aliphatic rings. The molecule has 1 saturated heterocycles. The topological polar surface area (TPSA) is 35.8 Å². The van der Waals surface area contributed by atoms with Crippen molar-refractivity contribution >= 4 is 0 Å². The minimum absolute atomic E-state index is 0.0417. The lowest BCUT2D eigenvalue weighted by molar-refractivity contribution is 0.374. The fourth-order valence-electron chi connectivity index (χ4n) is 2.33. The van der Waals surface area contributed by atoms with Gasteiger partial charge in [0.25, 0.3) is 0 Å². The summed E-state index contributed by atoms with van der Waals surface area (Å²) >= 11 is 0. The standard InChI is InChI=1S/C8H12N2/c9-5-8-3-1-2-7(8)4-10-6-8/h7,10H,1-4,6H2. The van der Waals surface area contributed by atoms with E-state index < -0.39 is 0 Å². The van der Waals surface area contributed by atoms with E-state index in [0.717, 1.165) is 19.5 Å². The van der Waals surface area contributed by atoms with Gasteiger partial charge in [0.1, 0.15) is 0 Å². The zero-order valence-electron chi connectivity index (χ0n) is 6.06. The van der Waals surface area contributed by atoms with Crippen LogP contribution < -0.4 is 5.32 Å². The van der Waals surface area contributed by atoms with Crippen LogP contribution in [0.4, 0.5) is 0 Å². The van der Waals surface area contributed by atoms with Gasteiger partial charge in [-0.2, -0.15) is 5.26 Å².